The van der Waals surface area contributed by atoms with E-state index in [0.29, 0.717) is 5.92 Å². The van der Waals surface area contributed by atoms with E-state index in [1.807, 2.05) is 20.8 Å². The highest BCUT2D eigenvalue weighted by atomic mass is 16.8. The van der Waals surface area contributed by atoms with Crippen LogP contribution in [-0.2, 0) is 14.2 Å². The summed E-state index contributed by atoms with van der Waals surface area (Å²) in [5, 5.41) is 9.46. The van der Waals surface area contributed by atoms with E-state index < -0.39 is 17.5 Å². The molecule has 2 aliphatic heterocycles. The number of fused-ring (bicyclic) bond motifs is 1. The molecule has 2 saturated heterocycles. The first-order valence-corrected chi connectivity index (χ1v) is 6.59. The highest BCUT2D eigenvalue weighted by Crippen LogP contribution is 2.47. The van der Waals surface area contributed by atoms with Gasteiger partial charge in [0.05, 0.1) is 12.0 Å². The lowest BCUT2D eigenvalue weighted by molar-refractivity contribution is -0.217. The summed E-state index contributed by atoms with van der Waals surface area (Å²) in [6, 6.07) is 0. The van der Waals surface area contributed by atoms with E-state index in [2.05, 4.69) is 11.8 Å². The molecule has 4 atom stereocenters. The van der Waals surface area contributed by atoms with Gasteiger partial charge in [-0.25, -0.2) is 0 Å². The summed E-state index contributed by atoms with van der Waals surface area (Å²) < 4.78 is 17.4. The Morgan fingerprint density at radius 2 is 1.94 bits per heavy atom. The minimum atomic E-state index is -0.641. The molecule has 1 saturated carbocycles. The summed E-state index contributed by atoms with van der Waals surface area (Å²) in [5.74, 6) is 6.44. The third-order valence-corrected chi connectivity index (χ3v) is 3.91. The molecule has 0 amide bonds. The van der Waals surface area contributed by atoms with Gasteiger partial charge in [-0.05, 0) is 33.6 Å². The zero-order valence-electron chi connectivity index (χ0n) is 11.1. The molecule has 18 heavy (non-hydrogen) atoms. The molecule has 0 radical (unpaired) electrons. The van der Waals surface area contributed by atoms with Crippen molar-refractivity contribution in [3.05, 3.63) is 0 Å². The van der Waals surface area contributed by atoms with Crippen LogP contribution in [0.1, 0.15) is 33.6 Å². The number of aliphatic hydroxyl groups is 1. The number of hydrogen-bond donors (Lipinski definition) is 1. The van der Waals surface area contributed by atoms with Gasteiger partial charge in [-0.2, -0.15) is 0 Å². The Hall–Kier alpha value is -0.600. The van der Waals surface area contributed by atoms with Crippen molar-refractivity contribution in [2.75, 3.05) is 6.61 Å². The van der Waals surface area contributed by atoms with Crippen molar-refractivity contribution in [3.8, 4) is 11.8 Å². The van der Waals surface area contributed by atoms with E-state index in [0.717, 1.165) is 0 Å². The minimum absolute atomic E-state index is 0.0595. The summed E-state index contributed by atoms with van der Waals surface area (Å²) >= 11 is 0. The van der Waals surface area contributed by atoms with Gasteiger partial charge in [-0.1, -0.05) is 11.8 Å². The maximum atomic E-state index is 9.46. The van der Waals surface area contributed by atoms with Crippen molar-refractivity contribution in [3.63, 3.8) is 0 Å². The average molecular weight is 252 g/mol. The smallest absolute Gasteiger partial charge is 0.189 e. The number of hydrogen-bond acceptors (Lipinski definition) is 4. The Balaban J connectivity index is 1.87. The fraction of sp³-hybridized carbons (Fsp3) is 0.857. The Morgan fingerprint density at radius 3 is 2.56 bits per heavy atom. The molecule has 4 nitrogen and oxygen atoms in total. The van der Waals surface area contributed by atoms with Crippen LogP contribution >= 0.6 is 0 Å². The van der Waals surface area contributed by atoms with Crippen molar-refractivity contribution in [2.24, 2.45) is 11.3 Å². The molecule has 3 fully saturated rings. The lowest BCUT2D eigenvalue weighted by Crippen LogP contribution is -2.40. The number of rotatable bonds is 1. The lowest BCUT2D eigenvalue weighted by atomic mass is 9.81. The molecule has 0 bridgehead atoms. The lowest BCUT2D eigenvalue weighted by Gasteiger charge is -2.29. The van der Waals surface area contributed by atoms with Gasteiger partial charge in [0.2, 0.25) is 0 Å². The zero-order chi connectivity index (χ0) is 13.0. The SMILES string of the molecule is CC1(C)O[C@H]2O[C@H](CO)[C@](C)(C#CC3CC3)[C@H]2O1. The summed E-state index contributed by atoms with van der Waals surface area (Å²) in [4.78, 5) is 0. The predicted octanol–water partition coefficient (Wildman–Crippen LogP) is 1.27. The minimum Gasteiger partial charge on any atom is -0.394 e. The molecule has 100 valence electrons. The van der Waals surface area contributed by atoms with Gasteiger partial charge in [0.15, 0.2) is 12.1 Å². The summed E-state index contributed by atoms with van der Waals surface area (Å²) in [6.45, 7) is 5.68. The molecule has 3 rings (SSSR count). The molecular weight excluding hydrogens is 232 g/mol. The van der Waals surface area contributed by atoms with E-state index in [9.17, 15) is 5.11 Å². The second-order valence-electron chi connectivity index (χ2n) is 6.06. The van der Waals surface area contributed by atoms with E-state index >= 15 is 0 Å². The second-order valence-corrected chi connectivity index (χ2v) is 6.06. The Morgan fingerprint density at radius 1 is 1.22 bits per heavy atom. The quantitative estimate of drug-likeness (QED) is 0.714. The van der Waals surface area contributed by atoms with Gasteiger partial charge in [0.1, 0.15) is 12.2 Å². The Bertz CT molecular complexity index is 404. The maximum Gasteiger partial charge on any atom is 0.189 e. The van der Waals surface area contributed by atoms with Gasteiger partial charge in [0.25, 0.3) is 0 Å². The number of aliphatic hydroxyl groups excluding tert-OH is 1. The summed E-state index contributed by atoms with van der Waals surface area (Å²) in [7, 11) is 0. The normalized spacial score (nSPS) is 45.4. The molecule has 4 heteroatoms. The molecule has 0 spiro atoms. The van der Waals surface area contributed by atoms with Gasteiger partial charge >= 0.3 is 0 Å². The van der Waals surface area contributed by atoms with Crippen LogP contribution in [0.5, 0.6) is 0 Å². The molecule has 0 aromatic heterocycles. The fourth-order valence-electron chi connectivity index (χ4n) is 2.59. The molecule has 2 heterocycles. The Labute approximate surface area is 108 Å². The van der Waals surface area contributed by atoms with Gasteiger partial charge < -0.3 is 19.3 Å². The van der Waals surface area contributed by atoms with Crippen LogP contribution in [-0.4, -0.2) is 36.0 Å². The maximum absolute atomic E-state index is 9.46. The molecule has 0 unspecified atom stereocenters. The van der Waals surface area contributed by atoms with Crippen LogP contribution in [0.4, 0.5) is 0 Å². The van der Waals surface area contributed by atoms with Crippen LogP contribution in [0.3, 0.4) is 0 Å². The van der Waals surface area contributed by atoms with Gasteiger partial charge in [0, 0.05) is 5.92 Å². The summed E-state index contributed by atoms with van der Waals surface area (Å²) in [5.41, 5.74) is -0.490. The molecule has 0 aromatic rings. The van der Waals surface area contributed by atoms with Gasteiger partial charge in [-0.15, -0.1) is 0 Å². The standard InChI is InChI=1S/C14H20O4/c1-13(2)17-11-12(18-13)16-10(8-15)14(11,3)7-6-9-4-5-9/h9-12,15H,4-5,8H2,1-3H3/t10-,11+,12-,14+/m1/s1. The zero-order valence-corrected chi connectivity index (χ0v) is 11.1. The predicted molar refractivity (Wildman–Crippen MR) is 64.4 cm³/mol. The van der Waals surface area contributed by atoms with E-state index in [1.165, 1.54) is 12.8 Å². The first-order chi connectivity index (χ1) is 8.44. The molecule has 3 aliphatic rings. The fourth-order valence-corrected chi connectivity index (χ4v) is 2.59. The highest BCUT2D eigenvalue weighted by Gasteiger charge is 2.60. The molecular formula is C14H20O4. The first-order valence-electron chi connectivity index (χ1n) is 6.59. The second kappa shape index (κ2) is 3.94. The third kappa shape index (κ3) is 1.96. The van der Waals surface area contributed by atoms with E-state index in [-0.39, 0.29) is 18.8 Å². The van der Waals surface area contributed by atoms with E-state index in [4.69, 9.17) is 14.2 Å². The Kier molecular flexibility index (Phi) is 2.73. The van der Waals surface area contributed by atoms with Crippen LogP contribution in [0, 0.1) is 23.2 Å². The number of ether oxygens (including phenoxy) is 3. The van der Waals surface area contributed by atoms with Crippen LogP contribution in [0.2, 0.25) is 0 Å². The third-order valence-electron chi connectivity index (χ3n) is 3.91. The summed E-state index contributed by atoms with van der Waals surface area (Å²) in [6.07, 6.45) is 1.39. The van der Waals surface area contributed by atoms with Crippen molar-refractivity contribution < 1.29 is 19.3 Å². The van der Waals surface area contributed by atoms with Crippen molar-refractivity contribution in [2.45, 2.75) is 57.9 Å². The molecule has 0 aromatic carbocycles. The van der Waals surface area contributed by atoms with Crippen LogP contribution < -0.4 is 0 Å². The molecule has 1 N–H and O–H groups in total. The topological polar surface area (TPSA) is 47.9 Å². The monoisotopic (exact) mass is 252 g/mol. The average Bonchev–Trinajstić information content (AvgIpc) is 3.02. The van der Waals surface area contributed by atoms with E-state index in [1.54, 1.807) is 0 Å². The first kappa shape index (κ1) is 12.4. The van der Waals surface area contributed by atoms with Gasteiger partial charge in [-0.3, -0.25) is 0 Å². The van der Waals surface area contributed by atoms with Crippen molar-refractivity contribution in [1.82, 2.24) is 0 Å². The van der Waals surface area contributed by atoms with Crippen LogP contribution in [0.25, 0.3) is 0 Å². The van der Waals surface area contributed by atoms with Crippen LogP contribution in [0.15, 0.2) is 0 Å². The molecule has 1 aliphatic carbocycles. The van der Waals surface area contributed by atoms with Crippen molar-refractivity contribution >= 4 is 0 Å². The largest absolute Gasteiger partial charge is 0.394 e. The highest BCUT2D eigenvalue weighted by molar-refractivity contribution is 5.23. The van der Waals surface area contributed by atoms with Crippen molar-refractivity contribution in [1.29, 1.82) is 0 Å².